The zero-order chi connectivity index (χ0) is 47.7. The number of benzene rings is 1. The summed E-state index contributed by atoms with van der Waals surface area (Å²) >= 11 is 0. The first kappa shape index (κ1) is 51.7. The number of nitrogens with zero attached hydrogens (tertiary/aromatic N) is 1. The zero-order valence-corrected chi connectivity index (χ0v) is 36.3. The molecule has 352 valence electrons. The maximum Gasteiger partial charge on any atom is 0.303 e. The maximum atomic E-state index is 13.7. The predicted molar refractivity (Wildman–Crippen MR) is 231 cm³/mol. The Kier molecular flexibility index (Phi) is 20.1. The summed E-state index contributed by atoms with van der Waals surface area (Å²) in [5, 5.41) is 24.9. The number of carbonyl (C=O) groups excluding carboxylic acids is 9. The van der Waals surface area contributed by atoms with Crippen molar-refractivity contribution in [2.75, 3.05) is 19.6 Å². The number of carboxylic acid groups (broad SMARTS) is 1. The van der Waals surface area contributed by atoms with Crippen molar-refractivity contribution in [3.63, 3.8) is 0 Å². The normalized spacial score (nSPS) is 16.3. The molecule has 23 nitrogen and oxygen atoms in total. The zero-order valence-electron chi connectivity index (χ0n) is 36.3. The van der Waals surface area contributed by atoms with Crippen LogP contribution in [0.25, 0.3) is 10.9 Å². The van der Waals surface area contributed by atoms with Gasteiger partial charge in [-0.3, -0.25) is 47.9 Å². The molecule has 1 aromatic carbocycles. The van der Waals surface area contributed by atoms with Crippen LogP contribution in [0.2, 0.25) is 0 Å². The van der Waals surface area contributed by atoms with Gasteiger partial charge in [-0.2, -0.15) is 0 Å². The predicted octanol–water partition coefficient (Wildman–Crippen LogP) is -3.40. The molecule has 1 saturated heterocycles. The van der Waals surface area contributed by atoms with Gasteiger partial charge < -0.3 is 69.8 Å². The summed E-state index contributed by atoms with van der Waals surface area (Å²) in [4.78, 5) is 133. The Morgan fingerprint density at radius 3 is 2.08 bits per heavy atom. The average Bonchev–Trinajstić information content (AvgIpc) is 3.90. The molecule has 16 N–H and O–H groups in total. The van der Waals surface area contributed by atoms with Gasteiger partial charge in [0.05, 0.1) is 19.0 Å². The van der Waals surface area contributed by atoms with Crippen molar-refractivity contribution < 1.29 is 53.1 Å². The van der Waals surface area contributed by atoms with Crippen LogP contribution < -0.4 is 54.8 Å². The van der Waals surface area contributed by atoms with Crippen LogP contribution in [0.3, 0.4) is 0 Å². The van der Waals surface area contributed by atoms with Gasteiger partial charge in [0.25, 0.3) is 0 Å². The first-order chi connectivity index (χ1) is 30.2. The number of primary amides is 2. The number of likely N-dealkylation sites (tertiary alicyclic amines) is 1. The van der Waals surface area contributed by atoms with Crippen molar-refractivity contribution in [1.82, 2.24) is 41.8 Å². The van der Waals surface area contributed by atoms with E-state index in [1.807, 2.05) is 24.3 Å². The number of carbonyl (C=O) groups is 10. The van der Waals surface area contributed by atoms with E-state index in [0.29, 0.717) is 19.3 Å². The molecule has 2 aromatic rings. The first-order valence-electron chi connectivity index (χ1n) is 21.1. The maximum absolute atomic E-state index is 13.7. The van der Waals surface area contributed by atoms with E-state index < -0.39 is 133 Å². The molecule has 1 fully saturated rings. The van der Waals surface area contributed by atoms with Gasteiger partial charge in [0.1, 0.15) is 36.3 Å². The number of nitrogens with one attached hydrogen (secondary N) is 7. The number of hydrogen-bond acceptors (Lipinski definition) is 12. The lowest BCUT2D eigenvalue weighted by Crippen LogP contribution is -2.60. The fourth-order valence-electron chi connectivity index (χ4n) is 7.14. The van der Waals surface area contributed by atoms with Crippen molar-refractivity contribution in [3.05, 3.63) is 36.0 Å². The van der Waals surface area contributed by atoms with Crippen molar-refractivity contribution in [2.24, 2.45) is 28.9 Å². The second-order valence-corrected chi connectivity index (χ2v) is 16.1. The number of hydrogen-bond donors (Lipinski definition) is 12. The van der Waals surface area contributed by atoms with Gasteiger partial charge in [-0.25, -0.2) is 0 Å². The van der Waals surface area contributed by atoms with Crippen LogP contribution in [0.4, 0.5) is 0 Å². The second kappa shape index (κ2) is 24.9. The third-order valence-corrected chi connectivity index (χ3v) is 10.6. The average molecular weight is 899 g/mol. The van der Waals surface area contributed by atoms with Crippen LogP contribution in [0.1, 0.15) is 77.7 Å². The number of fused-ring (bicyclic) bond motifs is 1. The summed E-state index contributed by atoms with van der Waals surface area (Å²) in [7, 11) is 0. The molecule has 0 aliphatic carbocycles. The van der Waals surface area contributed by atoms with Crippen LogP contribution in [-0.4, -0.2) is 136 Å². The van der Waals surface area contributed by atoms with Gasteiger partial charge in [0.15, 0.2) is 0 Å². The molecule has 0 saturated carbocycles. The molecule has 3 rings (SSSR count). The minimum Gasteiger partial charge on any atom is -0.481 e. The topological polar surface area (TPSA) is 386 Å². The number of amides is 9. The van der Waals surface area contributed by atoms with Crippen LogP contribution in [0.5, 0.6) is 0 Å². The Hall–Kier alpha value is -6.62. The summed E-state index contributed by atoms with van der Waals surface area (Å²) in [5.41, 5.74) is 24.2. The molecular weight excluding hydrogens is 837 g/mol. The number of unbranched alkanes of at least 4 members (excludes halogenated alkanes) is 1. The SMILES string of the molecule is CC(C)[C@H](NC(=O)[C@H](CCCCN)NC(=O)[C@H](CC(N)=O)NC(=O)[C@H](C)NC(=O)[C@H](CCC(=O)O)NC(=O)[C@@H]1CCCN1C(=O)[C@@H](N)Cc1c[nH]c2ccccc12)C(=O)NCC(N)=O. The number of H-pyrrole nitrogens is 1. The van der Waals surface area contributed by atoms with E-state index in [-0.39, 0.29) is 32.4 Å². The highest BCUT2D eigenvalue weighted by Crippen LogP contribution is 2.22. The number of nitrogens with two attached hydrogens (primary N) is 4. The number of rotatable bonds is 26. The Bertz CT molecular complexity index is 2020. The molecule has 1 aliphatic heterocycles. The van der Waals surface area contributed by atoms with Gasteiger partial charge in [0.2, 0.25) is 53.2 Å². The van der Waals surface area contributed by atoms with E-state index in [4.69, 9.17) is 22.9 Å². The molecule has 1 aromatic heterocycles. The Balaban J connectivity index is 1.70. The van der Waals surface area contributed by atoms with E-state index in [1.165, 1.54) is 11.8 Å². The molecule has 0 bridgehead atoms. The summed E-state index contributed by atoms with van der Waals surface area (Å²) in [6.45, 7) is 4.49. The third kappa shape index (κ3) is 15.6. The lowest BCUT2D eigenvalue weighted by molar-refractivity contribution is -0.141. The molecule has 0 radical (unpaired) electrons. The van der Waals surface area contributed by atoms with Gasteiger partial charge in [-0.05, 0) is 76.0 Å². The molecular formula is C41H62N12O11. The monoisotopic (exact) mass is 898 g/mol. The number of aromatic nitrogens is 1. The first-order valence-corrected chi connectivity index (χ1v) is 21.1. The van der Waals surface area contributed by atoms with E-state index in [9.17, 15) is 53.1 Å². The van der Waals surface area contributed by atoms with E-state index in [0.717, 1.165) is 16.5 Å². The van der Waals surface area contributed by atoms with Crippen molar-refractivity contribution in [1.29, 1.82) is 0 Å². The fourth-order valence-corrected chi connectivity index (χ4v) is 7.14. The lowest BCUT2D eigenvalue weighted by Gasteiger charge is -2.29. The van der Waals surface area contributed by atoms with Crippen LogP contribution in [-0.2, 0) is 54.4 Å². The lowest BCUT2D eigenvalue weighted by atomic mass is 10.0. The van der Waals surface area contributed by atoms with E-state index in [2.05, 4.69) is 36.9 Å². The molecule has 9 amide bonds. The largest absolute Gasteiger partial charge is 0.481 e. The molecule has 0 unspecified atom stereocenters. The highest BCUT2D eigenvalue weighted by Gasteiger charge is 2.39. The van der Waals surface area contributed by atoms with Crippen LogP contribution in [0, 0.1) is 5.92 Å². The Labute approximate surface area is 369 Å². The number of aliphatic carboxylic acids is 1. The standard InChI is InChI=1S/C41H62N12O11/c1-21(2)34(40(63)47-20-32(45)55)52-37(60)27(11-6-7-15-42)49-38(61)29(18-31(44)54)51-35(58)22(3)48-36(59)28(13-14-33(56)57)50-39(62)30-12-8-16-53(30)41(64)25(43)17-23-19-46-26-10-5-4-9-24(23)26/h4-5,9-10,19,21-22,25,27-30,34,46H,6-8,11-18,20,42-43H2,1-3H3,(H2,44,54)(H2,45,55)(H,47,63)(H,48,59)(H,49,61)(H,50,62)(H,51,58)(H,52,60)(H,56,57)/t22-,25-,27-,28-,29-,30-,34-/m0/s1. The van der Waals surface area contributed by atoms with Crippen LogP contribution in [0.15, 0.2) is 30.5 Å². The fraction of sp³-hybridized carbons (Fsp3) is 0.561. The van der Waals surface area contributed by atoms with Crippen molar-refractivity contribution in [3.8, 4) is 0 Å². The molecule has 7 atom stereocenters. The quantitative estimate of drug-likeness (QED) is 0.0410. The Morgan fingerprint density at radius 1 is 0.797 bits per heavy atom. The van der Waals surface area contributed by atoms with Gasteiger partial charge in [-0.15, -0.1) is 0 Å². The smallest absolute Gasteiger partial charge is 0.303 e. The number of aromatic amines is 1. The van der Waals surface area contributed by atoms with Crippen LogP contribution >= 0.6 is 0 Å². The highest BCUT2D eigenvalue weighted by atomic mass is 16.4. The highest BCUT2D eigenvalue weighted by molar-refractivity contribution is 5.99. The molecule has 2 heterocycles. The molecule has 1 aliphatic rings. The minimum atomic E-state index is -1.66. The van der Waals surface area contributed by atoms with Gasteiger partial charge >= 0.3 is 5.97 Å². The summed E-state index contributed by atoms with van der Waals surface area (Å²) < 4.78 is 0. The summed E-state index contributed by atoms with van der Waals surface area (Å²) in [6, 6.07) is -1.55. The van der Waals surface area contributed by atoms with E-state index >= 15 is 0 Å². The minimum absolute atomic E-state index is 0.0280. The second-order valence-electron chi connectivity index (χ2n) is 16.1. The molecule has 23 heteroatoms. The summed E-state index contributed by atoms with van der Waals surface area (Å²) in [6.07, 6.45) is 1.79. The number of para-hydroxylation sites is 1. The Morgan fingerprint density at radius 2 is 1.44 bits per heavy atom. The van der Waals surface area contributed by atoms with Crippen molar-refractivity contribution in [2.45, 2.75) is 121 Å². The van der Waals surface area contributed by atoms with Gasteiger partial charge in [0, 0.05) is 30.1 Å². The number of carboxylic acids is 1. The van der Waals surface area contributed by atoms with Crippen molar-refractivity contribution >= 4 is 70.0 Å². The van der Waals surface area contributed by atoms with E-state index in [1.54, 1.807) is 20.0 Å². The molecule has 0 spiro atoms. The molecule has 64 heavy (non-hydrogen) atoms. The summed E-state index contributed by atoms with van der Waals surface area (Å²) in [5.74, 6) is -9.26. The van der Waals surface area contributed by atoms with Gasteiger partial charge in [-0.1, -0.05) is 32.0 Å². The third-order valence-electron chi connectivity index (χ3n) is 10.6.